The Bertz CT molecular complexity index is 263. The Morgan fingerprint density at radius 1 is 1.27 bits per heavy atom. The Morgan fingerprint density at radius 2 is 1.73 bits per heavy atom. The molecule has 0 unspecified atom stereocenters. The molecule has 0 aliphatic rings. The van der Waals surface area contributed by atoms with E-state index in [0.29, 0.717) is 12.4 Å². The first-order chi connectivity index (χ1) is 6.83. The topological polar surface area (TPSA) is 46.2 Å². The molecular weight excluding hydrogens is 234 g/mol. The zero-order valence-electron chi connectivity index (χ0n) is 10.0. The maximum absolute atomic E-state index is 11.6. The average Bonchev–Trinajstić information content (AvgIpc) is 2.20. The van der Waals surface area contributed by atoms with Crippen LogP contribution >= 0.6 is 11.6 Å². The Hall–Kier alpha value is 0.200. The molecule has 1 N–H and O–H groups in total. The van der Waals surface area contributed by atoms with Crippen molar-refractivity contribution in [2.75, 3.05) is 12.4 Å². The van der Waals surface area contributed by atoms with E-state index < -0.39 is 10.0 Å². The van der Waals surface area contributed by atoms with Gasteiger partial charge in [-0.3, -0.25) is 0 Å². The lowest BCUT2D eigenvalue weighted by Gasteiger charge is -2.29. The highest BCUT2D eigenvalue weighted by Gasteiger charge is 2.27. The van der Waals surface area contributed by atoms with E-state index >= 15 is 0 Å². The van der Waals surface area contributed by atoms with Gasteiger partial charge in [-0.2, -0.15) is 0 Å². The van der Waals surface area contributed by atoms with E-state index in [1.165, 1.54) is 0 Å². The van der Waals surface area contributed by atoms with Crippen LogP contribution in [0.3, 0.4) is 0 Å². The number of nitrogens with one attached hydrogen (secondary N) is 1. The Balaban J connectivity index is 4.48. The third-order valence-corrected chi connectivity index (χ3v) is 5.41. The van der Waals surface area contributed by atoms with Gasteiger partial charge in [0, 0.05) is 12.4 Å². The van der Waals surface area contributed by atoms with Crippen LogP contribution in [0.2, 0.25) is 0 Å². The maximum Gasteiger partial charge on any atom is 0.213 e. The third-order valence-electron chi connectivity index (χ3n) is 3.05. The molecule has 0 saturated carbocycles. The molecule has 0 atom stereocenters. The van der Waals surface area contributed by atoms with Crippen LogP contribution in [0.4, 0.5) is 0 Å². The number of hydrogen-bond acceptors (Lipinski definition) is 2. The minimum Gasteiger partial charge on any atom is -0.214 e. The van der Waals surface area contributed by atoms with Gasteiger partial charge in [0.05, 0.1) is 5.25 Å². The standard InChI is InChI=1S/C10H22ClNO2S/c1-5-10(6-2,7-11)8-12-15(13,14)9(3)4/h9,12H,5-8H2,1-4H3. The van der Waals surface area contributed by atoms with Crippen LogP contribution in [0.25, 0.3) is 0 Å². The molecule has 0 aliphatic heterocycles. The lowest BCUT2D eigenvalue weighted by molar-refractivity contribution is 0.304. The predicted octanol–water partition coefficient (Wildman–Crippen LogP) is 2.36. The fraction of sp³-hybridized carbons (Fsp3) is 1.00. The lowest BCUT2D eigenvalue weighted by atomic mass is 9.85. The van der Waals surface area contributed by atoms with Crippen molar-refractivity contribution in [1.29, 1.82) is 0 Å². The van der Waals surface area contributed by atoms with Gasteiger partial charge in [0.1, 0.15) is 0 Å². The second-order valence-electron chi connectivity index (χ2n) is 4.26. The molecule has 15 heavy (non-hydrogen) atoms. The van der Waals surface area contributed by atoms with E-state index in [4.69, 9.17) is 11.6 Å². The van der Waals surface area contributed by atoms with E-state index in [2.05, 4.69) is 4.72 Å². The van der Waals surface area contributed by atoms with Crippen LogP contribution in [0.5, 0.6) is 0 Å². The molecule has 0 saturated heterocycles. The molecule has 0 aliphatic carbocycles. The highest BCUT2D eigenvalue weighted by Crippen LogP contribution is 2.27. The number of rotatable bonds is 7. The SMILES string of the molecule is CCC(CC)(CCl)CNS(=O)(=O)C(C)C. The van der Waals surface area contributed by atoms with Gasteiger partial charge in [-0.1, -0.05) is 13.8 Å². The molecule has 0 bridgehead atoms. The average molecular weight is 256 g/mol. The van der Waals surface area contributed by atoms with Crippen LogP contribution in [0.15, 0.2) is 0 Å². The number of hydrogen-bond donors (Lipinski definition) is 1. The molecule has 0 fully saturated rings. The zero-order chi connectivity index (χ0) is 12.1. The summed E-state index contributed by atoms with van der Waals surface area (Å²) in [5.41, 5.74) is -0.108. The van der Waals surface area contributed by atoms with Gasteiger partial charge >= 0.3 is 0 Å². The summed E-state index contributed by atoms with van der Waals surface area (Å²) in [5, 5.41) is -0.390. The summed E-state index contributed by atoms with van der Waals surface area (Å²) in [6.45, 7) is 7.85. The van der Waals surface area contributed by atoms with E-state index in [1.807, 2.05) is 13.8 Å². The van der Waals surface area contributed by atoms with Crippen LogP contribution in [-0.2, 0) is 10.0 Å². The molecule has 0 rings (SSSR count). The summed E-state index contributed by atoms with van der Waals surface area (Å²) < 4.78 is 25.8. The summed E-state index contributed by atoms with van der Waals surface area (Å²) in [5.74, 6) is 0.487. The highest BCUT2D eigenvalue weighted by molar-refractivity contribution is 7.90. The molecule has 0 aromatic carbocycles. The number of sulfonamides is 1. The van der Waals surface area contributed by atoms with Gasteiger partial charge in [0.15, 0.2) is 0 Å². The first kappa shape index (κ1) is 15.2. The van der Waals surface area contributed by atoms with Gasteiger partial charge in [-0.05, 0) is 32.1 Å². The molecule has 0 heterocycles. The minimum atomic E-state index is -3.17. The second-order valence-corrected chi connectivity index (χ2v) is 6.84. The highest BCUT2D eigenvalue weighted by atomic mass is 35.5. The first-order valence-electron chi connectivity index (χ1n) is 5.38. The predicted molar refractivity (Wildman–Crippen MR) is 65.8 cm³/mol. The monoisotopic (exact) mass is 255 g/mol. The van der Waals surface area contributed by atoms with Crippen molar-refractivity contribution in [3.63, 3.8) is 0 Å². The van der Waals surface area contributed by atoms with Crippen LogP contribution in [0, 0.1) is 5.41 Å². The maximum atomic E-state index is 11.6. The lowest BCUT2D eigenvalue weighted by Crippen LogP contribution is -2.40. The van der Waals surface area contributed by atoms with Crippen LogP contribution < -0.4 is 4.72 Å². The Labute approximate surface area is 98.6 Å². The molecule has 0 amide bonds. The van der Waals surface area contributed by atoms with Crippen molar-refractivity contribution >= 4 is 21.6 Å². The summed E-state index contributed by atoms with van der Waals surface area (Å²) >= 11 is 5.90. The molecular formula is C10H22ClNO2S. The summed E-state index contributed by atoms with van der Waals surface area (Å²) in [4.78, 5) is 0. The van der Waals surface area contributed by atoms with Crippen molar-refractivity contribution in [3.8, 4) is 0 Å². The van der Waals surface area contributed by atoms with Gasteiger partial charge in [0.25, 0.3) is 0 Å². The van der Waals surface area contributed by atoms with Crippen molar-refractivity contribution in [1.82, 2.24) is 4.72 Å². The molecule has 0 spiro atoms. The molecule has 0 aromatic heterocycles. The fourth-order valence-electron chi connectivity index (χ4n) is 1.16. The Kier molecular flexibility index (Phi) is 6.14. The third kappa shape index (κ3) is 4.29. The first-order valence-corrected chi connectivity index (χ1v) is 7.46. The van der Waals surface area contributed by atoms with E-state index in [-0.39, 0.29) is 10.7 Å². The number of alkyl halides is 1. The van der Waals surface area contributed by atoms with Gasteiger partial charge in [-0.25, -0.2) is 13.1 Å². The molecule has 3 nitrogen and oxygen atoms in total. The second kappa shape index (κ2) is 6.06. The van der Waals surface area contributed by atoms with E-state index in [9.17, 15) is 8.42 Å². The van der Waals surface area contributed by atoms with Gasteiger partial charge in [-0.15, -0.1) is 11.6 Å². The molecule has 5 heteroatoms. The molecule has 0 aromatic rings. The van der Waals surface area contributed by atoms with Crippen molar-refractivity contribution in [2.24, 2.45) is 5.41 Å². The van der Waals surface area contributed by atoms with Crippen LogP contribution in [-0.4, -0.2) is 26.1 Å². The van der Waals surface area contributed by atoms with Crippen LogP contribution in [0.1, 0.15) is 40.5 Å². The summed E-state index contributed by atoms with van der Waals surface area (Å²) in [6.07, 6.45) is 1.77. The van der Waals surface area contributed by atoms with Crippen molar-refractivity contribution in [3.05, 3.63) is 0 Å². The van der Waals surface area contributed by atoms with Crippen molar-refractivity contribution < 1.29 is 8.42 Å². The fourth-order valence-corrected chi connectivity index (χ4v) is 2.47. The Morgan fingerprint density at radius 3 is 2.00 bits per heavy atom. The van der Waals surface area contributed by atoms with Gasteiger partial charge < -0.3 is 0 Å². The smallest absolute Gasteiger partial charge is 0.213 e. The normalized spacial score (nSPS) is 13.5. The summed E-state index contributed by atoms with van der Waals surface area (Å²) in [7, 11) is -3.17. The summed E-state index contributed by atoms with van der Waals surface area (Å²) in [6, 6.07) is 0. The quantitative estimate of drug-likeness (QED) is 0.710. The molecule has 92 valence electrons. The van der Waals surface area contributed by atoms with Gasteiger partial charge in [0.2, 0.25) is 10.0 Å². The largest absolute Gasteiger partial charge is 0.214 e. The van der Waals surface area contributed by atoms with Crippen molar-refractivity contribution in [2.45, 2.75) is 45.8 Å². The van der Waals surface area contributed by atoms with E-state index in [1.54, 1.807) is 13.8 Å². The number of halogens is 1. The zero-order valence-corrected chi connectivity index (χ0v) is 11.6. The minimum absolute atomic E-state index is 0.108. The molecule has 0 radical (unpaired) electrons. The van der Waals surface area contributed by atoms with E-state index in [0.717, 1.165) is 12.8 Å².